The van der Waals surface area contributed by atoms with Crippen LogP contribution in [0.1, 0.15) is 65.2 Å². The van der Waals surface area contributed by atoms with Gasteiger partial charge in [0.1, 0.15) is 18.3 Å². The Kier molecular flexibility index (Phi) is 18.3. The molecule has 0 aromatic heterocycles. The summed E-state index contributed by atoms with van der Waals surface area (Å²) in [7, 11) is 6.38. The monoisotopic (exact) mass is 1140 g/mol. The average molecular weight is 1140 g/mol. The molecule has 2 aliphatic carbocycles. The SMILES string of the molecule is CC(C)OC1C(OC2OC=C3C(=O)OC4CCC(CO)C4CSSC4C5CC6CC7(CCC(C7)C2(C=CCSS5)C3C=CC2=C(NC(N)=NCCCO)C(C(=O)O)=CN(C2)C4CO)NC(N)=N6)OC(CO)C(O)C1(O)O. The number of ether oxygens (including phenoxy) is 5. The number of nitrogens with one attached hydrogen (secondary N) is 2. The molecule has 22 nitrogen and oxygen atoms in total. The highest BCUT2D eigenvalue weighted by Gasteiger charge is 2.63. The summed E-state index contributed by atoms with van der Waals surface area (Å²) < 4.78 is 32.7. The van der Waals surface area contributed by atoms with E-state index in [1.54, 1.807) is 69.2 Å². The number of hydrogen-bond donors (Lipinski definition) is 12. The van der Waals surface area contributed by atoms with Crippen LogP contribution in [0.15, 0.2) is 69.2 Å². The van der Waals surface area contributed by atoms with E-state index in [9.17, 15) is 45.6 Å². The van der Waals surface area contributed by atoms with Gasteiger partial charge in [-0.25, -0.2) is 14.6 Å². The van der Waals surface area contributed by atoms with Crippen LogP contribution in [0.2, 0.25) is 0 Å². The number of hydrogen-bond acceptors (Lipinski definition) is 23. The van der Waals surface area contributed by atoms with Gasteiger partial charge >= 0.3 is 11.9 Å². The van der Waals surface area contributed by atoms with Crippen molar-refractivity contribution in [3.63, 3.8) is 0 Å². The number of allylic oxidation sites excluding steroid dienone is 1. The van der Waals surface area contributed by atoms with Gasteiger partial charge in [0.05, 0.1) is 65.2 Å². The number of carbonyl (C=O) groups excluding carboxylic acids is 1. The lowest BCUT2D eigenvalue weighted by Gasteiger charge is -2.53. The summed E-state index contributed by atoms with van der Waals surface area (Å²) in [6, 6.07) is -0.973. The minimum Gasteiger partial charge on any atom is -0.478 e. The predicted octanol–water partition coefficient (Wildman–Crippen LogP) is 0.773. The molecule has 2 saturated carbocycles. The summed E-state index contributed by atoms with van der Waals surface area (Å²) in [5.41, 5.74) is 11.6. The second-order valence-corrected chi connectivity index (χ2v) is 26.7. The van der Waals surface area contributed by atoms with Crippen molar-refractivity contribution in [3.05, 3.63) is 59.2 Å². The van der Waals surface area contributed by atoms with Gasteiger partial charge in [-0.15, -0.1) is 0 Å². The molecular weight excluding hydrogens is 1070 g/mol. The number of rotatable bonds is 12. The molecule has 16 atom stereocenters. The third-order valence-electron chi connectivity index (χ3n) is 16.4. The molecule has 1 saturated heterocycles. The first kappa shape index (κ1) is 57.5. The van der Waals surface area contributed by atoms with E-state index >= 15 is 4.79 Å². The van der Waals surface area contributed by atoms with Crippen molar-refractivity contribution in [2.45, 2.75) is 142 Å². The average Bonchev–Trinajstić information content (AvgIpc) is 3.97. The highest BCUT2D eigenvalue weighted by molar-refractivity contribution is 8.78. The van der Waals surface area contributed by atoms with E-state index in [0.29, 0.717) is 68.4 Å². The highest BCUT2D eigenvalue weighted by atomic mass is 33.1. The summed E-state index contributed by atoms with van der Waals surface area (Å²) in [4.78, 5) is 40.3. The molecule has 2 spiro atoms. The van der Waals surface area contributed by atoms with E-state index in [1.165, 1.54) is 12.5 Å². The molecule has 0 aromatic rings. The largest absolute Gasteiger partial charge is 0.478 e. The molecule has 76 heavy (non-hydrogen) atoms. The number of guanidine groups is 2. The topological polar surface area (TPSA) is 346 Å². The third-order valence-corrected chi connectivity index (χ3v) is 22.3. The van der Waals surface area contributed by atoms with Crippen molar-refractivity contribution in [1.29, 1.82) is 0 Å². The normalized spacial score (nSPS) is 39.5. The maximum Gasteiger partial charge on any atom is 0.339 e. The first-order chi connectivity index (χ1) is 36.4. The van der Waals surface area contributed by atoms with Crippen molar-refractivity contribution in [3.8, 4) is 0 Å². The fourth-order valence-corrected chi connectivity index (χ4v) is 19.6. The number of carboxylic acids is 1. The van der Waals surface area contributed by atoms with Gasteiger partial charge in [-0.1, -0.05) is 67.5 Å². The molecule has 16 unspecified atom stereocenters. The van der Waals surface area contributed by atoms with Gasteiger partial charge in [0.15, 0.2) is 24.3 Å². The lowest BCUT2D eigenvalue weighted by atomic mass is 9.60. The zero-order valence-electron chi connectivity index (χ0n) is 42.5. The van der Waals surface area contributed by atoms with Gasteiger partial charge < -0.3 is 91.5 Å². The van der Waals surface area contributed by atoms with Crippen molar-refractivity contribution in [2.24, 2.45) is 50.5 Å². The second kappa shape index (κ2) is 24.2. The van der Waals surface area contributed by atoms with Crippen LogP contribution < -0.4 is 22.1 Å². The van der Waals surface area contributed by atoms with Crippen molar-refractivity contribution < 1.29 is 74.1 Å². The van der Waals surface area contributed by atoms with Crippen LogP contribution in [-0.4, -0.2) is 198 Å². The predicted molar refractivity (Wildman–Crippen MR) is 288 cm³/mol. The van der Waals surface area contributed by atoms with Crippen LogP contribution in [-0.2, 0) is 33.3 Å². The number of aliphatic hydroxyl groups is 7. The van der Waals surface area contributed by atoms with Crippen molar-refractivity contribution in [2.75, 3.05) is 51.0 Å². The number of aliphatic carboxylic acids is 1. The molecule has 9 bridgehead atoms. The Hall–Kier alpha value is -3.22. The molecule has 9 rings (SSSR count). The number of carboxylic acid groups (broad SMARTS) is 1. The van der Waals surface area contributed by atoms with Crippen LogP contribution in [0.3, 0.4) is 0 Å². The number of aliphatic imine (C=N–C) groups is 2. The lowest BCUT2D eigenvalue weighted by molar-refractivity contribution is -0.418. The maximum atomic E-state index is 15.4. The lowest BCUT2D eigenvalue weighted by Crippen LogP contribution is -2.69. The molecule has 26 heteroatoms. The minimum absolute atomic E-state index is 0.0405. The van der Waals surface area contributed by atoms with Crippen LogP contribution in [0, 0.1) is 29.1 Å². The van der Waals surface area contributed by atoms with E-state index in [2.05, 4.69) is 15.6 Å². The molecule has 0 amide bonds. The van der Waals surface area contributed by atoms with E-state index in [4.69, 9.17) is 40.1 Å². The van der Waals surface area contributed by atoms with Crippen molar-refractivity contribution >= 4 is 67.0 Å². The summed E-state index contributed by atoms with van der Waals surface area (Å²) in [6.07, 6.45) is 4.66. The first-order valence-electron chi connectivity index (χ1n) is 26.1. The fourth-order valence-electron chi connectivity index (χ4n) is 12.8. The Morgan fingerprint density at radius 3 is 2.66 bits per heavy atom. The van der Waals surface area contributed by atoms with E-state index in [0.717, 1.165) is 0 Å². The zero-order chi connectivity index (χ0) is 54.1. The van der Waals surface area contributed by atoms with Gasteiger partial charge in [0.25, 0.3) is 0 Å². The van der Waals surface area contributed by atoms with Crippen molar-refractivity contribution in [1.82, 2.24) is 15.5 Å². The number of aliphatic hydroxyl groups excluding tert-OH is 5. The standard InChI is InChI=1S/C50H73N7O15S4/c1-25(2)69-41-44(71-36(22-61)40(62)50(41,66)67)72-45-49-10-3-14-73-75-37(15-29-17-48(56-47(52)54-29)11-9-28(49)16-48)39-34(21-60)57-18-26(38(30(19-57)42(63)64)55-46(51)53-12-4-13-58)5-7-33(49)31(23-68-45)43(65)70-35-8-6-27(20-59)32(35)24-74-76-39/h3,5,7,10,19,23,25,27-29,32-37,39-41,44-45,58-62,66-67H,4,6,8-9,11-18,20-22,24H2,1-2H3,(H,63,64)(H3,51,53,55)(H3,52,54,56). The fraction of sp³-hybridized carbons (Fsp3) is 0.720. The minimum atomic E-state index is -3.00. The summed E-state index contributed by atoms with van der Waals surface area (Å²) in [5, 5.41) is 94.1. The quantitative estimate of drug-likeness (QED) is 0.0244. The Morgan fingerprint density at radius 2 is 1.92 bits per heavy atom. The molecule has 0 aromatic carbocycles. The van der Waals surface area contributed by atoms with Crippen LogP contribution in [0.25, 0.3) is 0 Å². The Balaban J connectivity index is 1.33. The number of fused-ring (bicyclic) bond motifs is 9. The second-order valence-electron chi connectivity index (χ2n) is 21.5. The number of nitrogens with two attached hydrogens (primary N) is 2. The molecule has 422 valence electrons. The summed E-state index contributed by atoms with van der Waals surface area (Å²) in [5.74, 6) is -5.87. The molecule has 7 heterocycles. The van der Waals surface area contributed by atoms with E-state index < -0.39 is 96.3 Å². The van der Waals surface area contributed by atoms with Gasteiger partial charge in [-0.05, 0) is 82.6 Å². The Morgan fingerprint density at radius 1 is 1.11 bits per heavy atom. The summed E-state index contributed by atoms with van der Waals surface area (Å²) in [6.45, 7) is 2.06. The highest BCUT2D eigenvalue weighted by Crippen LogP contribution is 2.59. The van der Waals surface area contributed by atoms with Gasteiger partial charge in [0, 0.05) is 66.6 Å². The summed E-state index contributed by atoms with van der Waals surface area (Å²) >= 11 is 0. The number of nitrogens with zero attached hydrogens (tertiary/aromatic N) is 3. The van der Waals surface area contributed by atoms with E-state index in [1.807, 2.05) is 17.1 Å². The Labute approximate surface area is 457 Å². The third kappa shape index (κ3) is 11.5. The molecular formula is C50H73N7O15S4. The smallest absolute Gasteiger partial charge is 0.339 e. The van der Waals surface area contributed by atoms with Crippen LogP contribution in [0.4, 0.5) is 0 Å². The zero-order valence-corrected chi connectivity index (χ0v) is 45.8. The maximum absolute atomic E-state index is 15.4. The van der Waals surface area contributed by atoms with Gasteiger partial charge in [0.2, 0.25) is 12.1 Å². The molecule has 7 aliphatic heterocycles. The molecule has 3 fully saturated rings. The molecule has 9 aliphatic rings. The number of esters is 1. The molecule has 14 N–H and O–H groups in total. The van der Waals surface area contributed by atoms with Crippen LogP contribution in [0.5, 0.6) is 0 Å². The van der Waals surface area contributed by atoms with Gasteiger partial charge in [-0.3, -0.25) is 4.99 Å². The van der Waals surface area contributed by atoms with Crippen LogP contribution >= 0.6 is 43.2 Å². The first-order valence-corrected chi connectivity index (χ1v) is 30.9. The molecule has 0 radical (unpaired) electrons. The van der Waals surface area contributed by atoms with Gasteiger partial charge in [-0.2, -0.15) is 0 Å². The Bertz CT molecular complexity index is 2360. The number of carbonyl (C=O) groups is 2. The van der Waals surface area contributed by atoms with E-state index in [-0.39, 0.29) is 90.1 Å².